The van der Waals surface area contributed by atoms with Crippen LogP contribution in [0.15, 0.2) is 24.3 Å². The standard InChI is InChI=1S/C27H44O10/c1-5-11-30-13-15-32-17-19-34-21-22-35-20-18-33-16-14-31-12-10-25(28)36-24-8-6-23(7-9-24)26(29)37-27(2,3)4/h6-9H,5,10-22H2,1-4H3. The van der Waals surface area contributed by atoms with Gasteiger partial charge in [-0.3, -0.25) is 4.79 Å². The lowest BCUT2D eigenvalue weighted by molar-refractivity contribution is -0.135. The Hall–Kier alpha value is -2.08. The Balaban J connectivity index is 1.90. The number of rotatable bonds is 22. The highest BCUT2D eigenvalue weighted by Crippen LogP contribution is 2.16. The number of ether oxygens (including phenoxy) is 8. The molecule has 0 N–H and O–H groups in total. The molecule has 0 amide bonds. The van der Waals surface area contributed by atoms with Crippen molar-refractivity contribution < 1.29 is 47.5 Å². The molecule has 212 valence electrons. The first-order valence-corrected chi connectivity index (χ1v) is 12.8. The van der Waals surface area contributed by atoms with Crippen molar-refractivity contribution in [2.45, 2.75) is 46.1 Å². The number of carbonyl (C=O) groups excluding carboxylic acids is 2. The summed E-state index contributed by atoms with van der Waals surface area (Å²) in [4.78, 5) is 24.0. The lowest BCUT2D eigenvalue weighted by atomic mass is 10.1. The van der Waals surface area contributed by atoms with E-state index in [0.717, 1.165) is 13.0 Å². The second-order valence-electron chi connectivity index (χ2n) is 8.92. The van der Waals surface area contributed by atoms with Crippen molar-refractivity contribution in [3.05, 3.63) is 29.8 Å². The number of carbonyl (C=O) groups is 2. The molecule has 0 aliphatic rings. The van der Waals surface area contributed by atoms with Crippen molar-refractivity contribution >= 4 is 11.9 Å². The van der Waals surface area contributed by atoms with E-state index in [1.807, 2.05) is 0 Å². The van der Waals surface area contributed by atoms with E-state index in [-0.39, 0.29) is 13.0 Å². The molecule has 0 aliphatic heterocycles. The van der Waals surface area contributed by atoms with Gasteiger partial charge in [-0.1, -0.05) is 6.92 Å². The van der Waals surface area contributed by atoms with Crippen LogP contribution in [0, 0.1) is 0 Å². The summed E-state index contributed by atoms with van der Waals surface area (Å²) in [5, 5.41) is 0. The number of hydrogen-bond donors (Lipinski definition) is 0. The van der Waals surface area contributed by atoms with E-state index in [0.29, 0.717) is 77.4 Å². The van der Waals surface area contributed by atoms with E-state index in [1.165, 1.54) is 0 Å². The highest BCUT2D eigenvalue weighted by atomic mass is 16.6. The highest BCUT2D eigenvalue weighted by molar-refractivity contribution is 5.89. The topological polar surface area (TPSA) is 108 Å². The Labute approximate surface area is 220 Å². The van der Waals surface area contributed by atoms with Crippen LogP contribution in [-0.2, 0) is 38.0 Å². The van der Waals surface area contributed by atoms with Crippen LogP contribution in [0.3, 0.4) is 0 Å². The maximum absolute atomic E-state index is 12.0. The maximum atomic E-state index is 12.0. The van der Waals surface area contributed by atoms with Crippen LogP contribution in [0.2, 0.25) is 0 Å². The molecule has 0 unspecified atom stereocenters. The quantitative estimate of drug-likeness (QED) is 0.126. The Bertz CT molecular complexity index is 715. The second-order valence-corrected chi connectivity index (χ2v) is 8.92. The van der Waals surface area contributed by atoms with E-state index >= 15 is 0 Å². The Morgan fingerprint density at radius 1 is 0.622 bits per heavy atom. The third kappa shape index (κ3) is 19.7. The molecule has 0 saturated carbocycles. The zero-order valence-corrected chi connectivity index (χ0v) is 22.8. The summed E-state index contributed by atoms with van der Waals surface area (Å²) in [5.74, 6) is -0.496. The molecule has 1 aromatic rings. The zero-order valence-electron chi connectivity index (χ0n) is 22.8. The normalized spacial score (nSPS) is 11.5. The molecule has 1 aromatic carbocycles. The molecule has 0 aliphatic carbocycles. The van der Waals surface area contributed by atoms with Crippen LogP contribution in [-0.4, -0.2) is 96.8 Å². The minimum atomic E-state index is -0.573. The molecule has 0 atom stereocenters. The smallest absolute Gasteiger partial charge is 0.338 e. The average Bonchev–Trinajstić information content (AvgIpc) is 2.85. The van der Waals surface area contributed by atoms with Crippen molar-refractivity contribution in [3.8, 4) is 5.75 Å². The lowest BCUT2D eigenvalue weighted by Gasteiger charge is -2.19. The first kappa shape index (κ1) is 32.9. The molecule has 0 fully saturated rings. The van der Waals surface area contributed by atoms with Crippen molar-refractivity contribution in [2.75, 3.05) is 79.3 Å². The van der Waals surface area contributed by atoms with Gasteiger partial charge in [-0.05, 0) is 51.5 Å². The van der Waals surface area contributed by atoms with E-state index in [2.05, 4.69) is 6.92 Å². The summed E-state index contributed by atoms with van der Waals surface area (Å²) < 4.78 is 42.9. The number of hydrogen-bond acceptors (Lipinski definition) is 10. The van der Waals surface area contributed by atoms with Crippen molar-refractivity contribution in [1.29, 1.82) is 0 Å². The van der Waals surface area contributed by atoms with E-state index in [9.17, 15) is 9.59 Å². The SMILES string of the molecule is CCCOCCOCCOCCOCCOCCOCCC(=O)Oc1ccc(C(=O)OC(C)(C)C)cc1. The molecule has 0 bridgehead atoms. The molecule has 1 rings (SSSR count). The highest BCUT2D eigenvalue weighted by Gasteiger charge is 2.18. The van der Waals surface area contributed by atoms with Gasteiger partial charge in [0.05, 0.1) is 84.7 Å². The van der Waals surface area contributed by atoms with E-state index in [1.54, 1.807) is 45.0 Å². The number of esters is 2. The van der Waals surface area contributed by atoms with Crippen LogP contribution >= 0.6 is 0 Å². The molecule has 37 heavy (non-hydrogen) atoms. The van der Waals surface area contributed by atoms with Gasteiger partial charge in [0.15, 0.2) is 0 Å². The van der Waals surface area contributed by atoms with Crippen molar-refractivity contribution in [2.24, 2.45) is 0 Å². The molecule has 0 saturated heterocycles. The van der Waals surface area contributed by atoms with Gasteiger partial charge >= 0.3 is 11.9 Å². The Kier molecular flexibility index (Phi) is 18.6. The summed E-state index contributed by atoms with van der Waals surface area (Å²) in [6.07, 6.45) is 1.12. The van der Waals surface area contributed by atoms with Crippen LogP contribution in [0.4, 0.5) is 0 Å². The molecule has 0 spiro atoms. The van der Waals surface area contributed by atoms with Gasteiger partial charge in [-0.2, -0.15) is 0 Å². The Morgan fingerprint density at radius 2 is 1.03 bits per heavy atom. The van der Waals surface area contributed by atoms with Gasteiger partial charge in [-0.15, -0.1) is 0 Å². The van der Waals surface area contributed by atoms with Gasteiger partial charge in [0.25, 0.3) is 0 Å². The minimum absolute atomic E-state index is 0.106. The van der Waals surface area contributed by atoms with Crippen LogP contribution < -0.4 is 4.74 Å². The predicted octanol–water partition coefficient (Wildman–Crippen LogP) is 3.45. The van der Waals surface area contributed by atoms with Gasteiger partial charge in [0.2, 0.25) is 0 Å². The lowest BCUT2D eigenvalue weighted by Crippen LogP contribution is -2.23. The van der Waals surface area contributed by atoms with Gasteiger partial charge < -0.3 is 37.9 Å². The fourth-order valence-electron chi connectivity index (χ4n) is 2.68. The third-order valence-electron chi connectivity index (χ3n) is 4.38. The molecule has 0 radical (unpaired) electrons. The number of benzene rings is 1. The van der Waals surface area contributed by atoms with Crippen molar-refractivity contribution in [3.63, 3.8) is 0 Å². The minimum Gasteiger partial charge on any atom is -0.456 e. The monoisotopic (exact) mass is 528 g/mol. The summed E-state index contributed by atoms with van der Waals surface area (Å²) in [6, 6.07) is 6.23. The van der Waals surface area contributed by atoms with Crippen LogP contribution in [0.1, 0.15) is 50.9 Å². The molecule has 0 heterocycles. The fourth-order valence-corrected chi connectivity index (χ4v) is 2.68. The van der Waals surface area contributed by atoms with Gasteiger partial charge in [0.1, 0.15) is 11.4 Å². The first-order valence-electron chi connectivity index (χ1n) is 12.8. The summed E-state index contributed by atoms with van der Waals surface area (Å²) in [6.45, 7) is 13.4. The first-order chi connectivity index (χ1) is 17.8. The summed E-state index contributed by atoms with van der Waals surface area (Å²) in [7, 11) is 0. The van der Waals surface area contributed by atoms with Gasteiger partial charge in [-0.25, -0.2) is 4.79 Å². The second kappa shape index (κ2) is 20.9. The van der Waals surface area contributed by atoms with Crippen LogP contribution in [0.25, 0.3) is 0 Å². The van der Waals surface area contributed by atoms with Crippen molar-refractivity contribution in [1.82, 2.24) is 0 Å². The largest absolute Gasteiger partial charge is 0.456 e. The van der Waals surface area contributed by atoms with Crippen LogP contribution in [0.5, 0.6) is 5.75 Å². The zero-order chi connectivity index (χ0) is 27.2. The molecule has 10 heteroatoms. The summed E-state index contributed by atoms with van der Waals surface area (Å²) >= 11 is 0. The fraction of sp³-hybridized carbons (Fsp3) is 0.704. The predicted molar refractivity (Wildman–Crippen MR) is 137 cm³/mol. The van der Waals surface area contributed by atoms with E-state index in [4.69, 9.17) is 37.9 Å². The average molecular weight is 529 g/mol. The Morgan fingerprint density at radius 3 is 1.43 bits per heavy atom. The third-order valence-corrected chi connectivity index (χ3v) is 4.38. The molecular weight excluding hydrogens is 484 g/mol. The molecular formula is C27H44O10. The maximum Gasteiger partial charge on any atom is 0.338 e. The van der Waals surface area contributed by atoms with Gasteiger partial charge in [0, 0.05) is 6.61 Å². The molecule has 10 nitrogen and oxygen atoms in total. The molecule has 0 aromatic heterocycles. The summed E-state index contributed by atoms with van der Waals surface area (Å²) in [5.41, 5.74) is -0.182. The van der Waals surface area contributed by atoms with E-state index < -0.39 is 17.5 Å².